The predicted octanol–water partition coefficient (Wildman–Crippen LogP) is -1.50. The van der Waals surface area contributed by atoms with E-state index < -0.39 is 12.0 Å². The number of nitrogens with one attached hydrogen (secondary N) is 2. The molecule has 8 heteroatoms. The zero-order chi connectivity index (χ0) is 15.7. The SMILES string of the molecule is CCOC(=O)CNC(=O)CC1NCCN(CCOC)C1=O. The monoisotopic (exact) mass is 301 g/mol. The lowest BCUT2D eigenvalue weighted by atomic mass is 10.1. The molecule has 1 atom stereocenters. The van der Waals surface area contributed by atoms with Crippen LogP contribution in [-0.2, 0) is 23.9 Å². The lowest BCUT2D eigenvalue weighted by Gasteiger charge is -2.32. The summed E-state index contributed by atoms with van der Waals surface area (Å²) in [5.74, 6) is -0.970. The third kappa shape index (κ3) is 6.09. The smallest absolute Gasteiger partial charge is 0.325 e. The Labute approximate surface area is 124 Å². The molecule has 0 aromatic rings. The first-order chi connectivity index (χ1) is 10.1. The Morgan fingerprint density at radius 3 is 2.90 bits per heavy atom. The number of amides is 2. The van der Waals surface area contributed by atoms with Gasteiger partial charge in [0, 0.05) is 26.7 Å². The molecule has 21 heavy (non-hydrogen) atoms. The fourth-order valence-electron chi connectivity index (χ4n) is 2.01. The highest BCUT2D eigenvalue weighted by Gasteiger charge is 2.29. The number of carbonyl (C=O) groups is 3. The number of piperazine rings is 1. The van der Waals surface area contributed by atoms with Gasteiger partial charge in [0.2, 0.25) is 11.8 Å². The van der Waals surface area contributed by atoms with Crippen molar-refractivity contribution < 1.29 is 23.9 Å². The second-order valence-electron chi connectivity index (χ2n) is 4.61. The van der Waals surface area contributed by atoms with Crippen molar-refractivity contribution in [1.82, 2.24) is 15.5 Å². The van der Waals surface area contributed by atoms with Gasteiger partial charge in [0.05, 0.1) is 25.7 Å². The number of nitrogens with zero attached hydrogens (tertiary/aromatic N) is 1. The van der Waals surface area contributed by atoms with E-state index >= 15 is 0 Å². The van der Waals surface area contributed by atoms with Crippen molar-refractivity contribution in [2.24, 2.45) is 0 Å². The van der Waals surface area contributed by atoms with Gasteiger partial charge in [0.15, 0.2) is 0 Å². The van der Waals surface area contributed by atoms with Gasteiger partial charge in [-0.15, -0.1) is 0 Å². The Bertz CT molecular complexity index is 375. The summed E-state index contributed by atoms with van der Waals surface area (Å²) in [7, 11) is 1.58. The average Bonchev–Trinajstić information content (AvgIpc) is 2.46. The molecule has 2 N–H and O–H groups in total. The first-order valence-corrected chi connectivity index (χ1v) is 7.02. The fraction of sp³-hybridized carbons (Fsp3) is 0.769. The molecule has 1 aliphatic heterocycles. The van der Waals surface area contributed by atoms with Crippen molar-refractivity contribution in [3.63, 3.8) is 0 Å². The van der Waals surface area contributed by atoms with Crippen LogP contribution in [0.4, 0.5) is 0 Å². The van der Waals surface area contributed by atoms with Crippen LogP contribution in [0.15, 0.2) is 0 Å². The molecule has 0 bridgehead atoms. The van der Waals surface area contributed by atoms with Gasteiger partial charge in [-0.2, -0.15) is 0 Å². The van der Waals surface area contributed by atoms with E-state index in [1.54, 1.807) is 18.9 Å². The summed E-state index contributed by atoms with van der Waals surface area (Å²) >= 11 is 0. The highest BCUT2D eigenvalue weighted by molar-refractivity contribution is 5.90. The van der Waals surface area contributed by atoms with Crippen LogP contribution in [0.3, 0.4) is 0 Å². The van der Waals surface area contributed by atoms with Crippen LogP contribution in [-0.4, -0.2) is 75.2 Å². The molecular weight excluding hydrogens is 278 g/mol. The summed E-state index contributed by atoms with van der Waals surface area (Å²) in [5.41, 5.74) is 0. The van der Waals surface area contributed by atoms with Crippen LogP contribution in [0.2, 0.25) is 0 Å². The van der Waals surface area contributed by atoms with Crippen molar-refractivity contribution in [1.29, 1.82) is 0 Å². The zero-order valence-corrected chi connectivity index (χ0v) is 12.5. The van der Waals surface area contributed by atoms with Gasteiger partial charge in [-0.1, -0.05) is 0 Å². The first kappa shape index (κ1) is 17.4. The number of hydrogen-bond acceptors (Lipinski definition) is 6. The van der Waals surface area contributed by atoms with Crippen LogP contribution < -0.4 is 10.6 Å². The van der Waals surface area contributed by atoms with Crippen LogP contribution in [0.5, 0.6) is 0 Å². The van der Waals surface area contributed by atoms with Crippen LogP contribution in [0, 0.1) is 0 Å². The number of hydrogen-bond donors (Lipinski definition) is 2. The first-order valence-electron chi connectivity index (χ1n) is 7.02. The molecule has 1 unspecified atom stereocenters. The van der Waals surface area contributed by atoms with Gasteiger partial charge in [0.25, 0.3) is 0 Å². The van der Waals surface area contributed by atoms with Gasteiger partial charge in [-0.3, -0.25) is 14.4 Å². The Hall–Kier alpha value is -1.67. The summed E-state index contributed by atoms with van der Waals surface area (Å²) in [6, 6.07) is -0.558. The normalized spacial score (nSPS) is 18.5. The third-order valence-corrected chi connectivity index (χ3v) is 3.07. The number of ether oxygens (including phenoxy) is 2. The number of esters is 1. The second-order valence-corrected chi connectivity index (χ2v) is 4.61. The Morgan fingerprint density at radius 2 is 2.24 bits per heavy atom. The molecule has 2 amide bonds. The van der Waals surface area contributed by atoms with Crippen molar-refractivity contribution in [3.8, 4) is 0 Å². The predicted molar refractivity (Wildman–Crippen MR) is 74.5 cm³/mol. The molecule has 0 aromatic carbocycles. The van der Waals surface area contributed by atoms with E-state index in [-0.39, 0.29) is 31.4 Å². The maximum Gasteiger partial charge on any atom is 0.325 e. The molecule has 120 valence electrons. The van der Waals surface area contributed by atoms with Gasteiger partial charge in [-0.25, -0.2) is 0 Å². The topological polar surface area (TPSA) is 97.0 Å². The Kier molecular flexibility index (Phi) is 7.70. The van der Waals surface area contributed by atoms with Gasteiger partial charge < -0.3 is 25.0 Å². The fourth-order valence-corrected chi connectivity index (χ4v) is 2.01. The lowest BCUT2D eigenvalue weighted by Crippen LogP contribution is -2.56. The minimum absolute atomic E-state index is 0.00171. The van der Waals surface area contributed by atoms with Gasteiger partial charge in [0.1, 0.15) is 6.54 Å². The van der Waals surface area contributed by atoms with Crippen molar-refractivity contribution >= 4 is 17.8 Å². The van der Waals surface area contributed by atoms with Crippen LogP contribution in [0.25, 0.3) is 0 Å². The van der Waals surface area contributed by atoms with Gasteiger partial charge in [-0.05, 0) is 6.92 Å². The molecule has 1 rings (SSSR count). The van der Waals surface area contributed by atoms with E-state index in [0.29, 0.717) is 26.2 Å². The lowest BCUT2D eigenvalue weighted by molar-refractivity contribution is -0.143. The molecule has 0 radical (unpaired) electrons. The summed E-state index contributed by atoms with van der Waals surface area (Å²) in [5, 5.41) is 5.45. The van der Waals surface area contributed by atoms with E-state index in [4.69, 9.17) is 9.47 Å². The molecular formula is C13H23N3O5. The highest BCUT2D eigenvalue weighted by atomic mass is 16.5. The van der Waals surface area contributed by atoms with E-state index in [1.807, 2.05) is 0 Å². The minimum Gasteiger partial charge on any atom is -0.465 e. The van der Waals surface area contributed by atoms with Crippen molar-refractivity contribution in [3.05, 3.63) is 0 Å². The van der Waals surface area contributed by atoms with E-state index in [9.17, 15) is 14.4 Å². The quantitative estimate of drug-likeness (QED) is 0.530. The molecule has 1 heterocycles. The largest absolute Gasteiger partial charge is 0.465 e. The van der Waals surface area contributed by atoms with E-state index in [1.165, 1.54) is 0 Å². The molecule has 1 aliphatic rings. The van der Waals surface area contributed by atoms with E-state index in [0.717, 1.165) is 0 Å². The average molecular weight is 301 g/mol. The molecule has 0 aliphatic carbocycles. The molecule has 8 nitrogen and oxygen atoms in total. The molecule has 1 saturated heterocycles. The van der Waals surface area contributed by atoms with E-state index in [2.05, 4.69) is 10.6 Å². The summed E-state index contributed by atoms with van der Waals surface area (Å²) in [6.45, 7) is 3.99. The number of carbonyl (C=O) groups excluding carboxylic acids is 3. The van der Waals surface area contributed by atoms with Crippen molar-refractivity contribution in [2.75, 3.05) is 46.5 Å². The standard InChI is InChI=1S/C13H23N3O5/c1-3-21-12(18)9-15-11(17)8-10-13(19)16(5-4-14-10)6-7-20-2/h10,14H,3-9H2,1-2H3,(H,15,17). The van der Waals surface area contributed by atoms with Crippen molar-refractivity contribution in [2.45, 2.75) is 19.4 Å². The third-order valence-electron chi connectivity index (χ3n) is 3.07. The number of methoxy groups -OCH3 is 1. The maximum atomic E-state index is 12.1. The zero-order valence-electron chi connectivity index (χ0n) is 12.5. The molecule has 0 saturated carbocycles. The molecule has 0 spiro atoms. The van der Waals surface area contributed by atoms with Gasteiger partial charge >= 0.3 is 5.97 Å². The number of rotatable bonds is 8. The Morgan fingerprint density at radius 1 is 1.48 bits per heavy atom. The van der Waals surface area contributed by atoms with Crippen LogP contribution in [0.1, 0.15) is 13.3 Å². The summed E-state index contributed by atoms with van der Waals surface area (Å²) in [4.78, 5) is 36.7. The maximum absolute atomic E-state index is 12.1. The molecule has 1 fully saturated rings. The van der Waals surface area contributed by atoms with Crippen LogP contribution >= 0.6 is 0 Å². The second kappa shape index (κ2) is 9.30. The Balaban J connectivity index is 2.37. The summed E-state index contributed by atoms with van der Waals surface area (Å²) < 4.78 is 9.66. The molecule has 0 aromatic heterocycles. The highest BCUT2D eigenvalue weighted by Crippen LogP contribution is 2.05. The summed E-state index contributed by atoms with van der Waals surface area (Å²) in [6.07, 6.45) is 0.00171. The minimum atomic E-state index is -0.558.